The highest BCUT2D eigenvalue weighted by Crippen LogP contribution is 2.52. The van der Waals surface area contributed by atoms with Crippen molar-refractivity contribution in [1.29, 1.82) is 0 Å². The Bertz CT molecular complexity index is 1680. The predicted molar refractivity (Wildman–Crippen MR) is 147 cm³/mol. The van der Waals surface area contributed by atoms with Crippen LogP contribution >= 0.6 is 11.3 Å². The molecule has 0 bridgehead atoms. The minimum atomic E-state index is -2.83. The molecule has 1 aliphatic rings. The minimum Gasteiger partial charge on any atom is -0.421 e. The number of thiophene rings is 1. The maximum Gasteiger partial charge on any atom is 0.261 e. The maximum atomic E-state index is 14.1. The molecule has 0 aliphatic heterocycles. The van der Waals surface area contributed by atoms with Crippen molar-refractivity contribution in [2.45, 2.75) is 52.5 Å². The molecule has 3 aromatic heterocycles. The normalized spacial score (nSPS) is 15.7. The van der Waals surface area contributed by atoms with Gasteiger partial charge in [0.1, 0.15) is 0 Å². The molecule has 42 heavy (non-hydrogen) atoms. The summed E-state index contributed by atoms with van der Waals surface area (Å²) < 4.78 is 60.7. The molecule has 0 unspecified atom stereocenters. The summed E-state index contributed by atoms with van der Waals surface area (Å²) in [6.07, 6.45) is -0.0338. The van der Waals surface area contributed by atoms with Gasteiger partial charge >= 0.3 is 0 Å². The molecular formula is C29H27F4N5O3S. The zero-order valence-corrected chi connectivity index (χ0v) is 23.8. The van der Waals surface area contributed by atoms with Gasteiger partial charge in [-0.3, -0.25) is 14.6 Å². The molecule has 13 heteroatoms. The van der Waals surface area contributed by atoms with E-state index in [0.29, 0.717) is 22.6 Å². The Morgan fingerprint density at radius 2 is 1.86 bits per heavy atom. The van der Waals surface area contributed by atoms with Gasteiger partial charge in [-0.1, -0.05) is 19.9 Å². The molecule has 0 spiro atoms. The van der Waals surface area contributed by atoms with Gasteiger partial charge in [-0.25, -0.2) is 17.6 Å². The van der Waals surface area contributed by atoms with Gasteiger partial charge in [0.05, 0.1) is 27.4 Å². The lowest BCUT2D eigenvalue weighted by Crippen LogP contribution is -2.21. The second-order valence-corrected chi connectivity index (χ2v) is 11.8. The Hall–Kier alpha value is -4.13. The second-order valence-electron chi connectivity index (χ2n) is 10.7. The zero-order chi connectivity index (χ0) is 30.3. The Morgan fingerprint density at radius 1 is 1.12 bits per heavy atom. The van der Waals surface area contributed by atoms with Gasteiger partial charge in [-0.2, -0.15) is 0 Å². The van der Waals surface area contributed by atoms with E-state index in [-0.39, 0.29) is 64.3 Å². The van der Waals surface area contributed by atoms with Crippen LogP contribution < -0.4 is 11.1 Å². The maximum absolute atomic E-state index is 14.1. The molecule has 1 fully saturated rings. The Balaban J connectivity index is 1.61. The number of carbonyl (C=O) groups excluding carboxylic acids is 2. The van der Waals surface area contributed by atoms with E-state index in [9.17, 15) is 27.2 Å². The fourth-order valence-electron chi connectivity index (χ4n) is 4.75. The van der Waals surface area contributed by atoms with Crippen LogP contribution in [0.2, 0.25) is 0 Å². The number of alkyl halides is 2. The van der Waals surface area contributed by atoms with Crippen molar-refractivity contribution in [1.82, 2.24) is 20.5 Å². The number of nitrogens with two attached hydrogens (primary N) is 1. The molecular weight excluding hydrogens is 574 g/mol. The second kappa shape index (κ2) is 11.3. The number of amides is 2. The highest BCUT2D eigenvalue weighted by Gasteiger charge is 2.57. The summed E-state index contributed by atoms with van der Waals surface area (Å²) in [5, 5.41) is 10.7. The van der Waals surface area contributed by atoms with E-state index >= 15 is 0 Å². The van der Waals surface area contributed by atoms with Gasteiger partial charge in [0, 0.05) is 36.2 Å². The van der Waals surface area contributed by atoms with Crippen LogP contribution in [0.3, 0.4) is 0 Å². The van der Waals surface area contributed by atoms with Gasteiger partial charge in [-0.15, -0.1) is 21.5 Å². The first-order chi connectivity index (χ1) is 19.8. The SMILES string of the molecule is Cc1nnc(-c2c(C[C@H]3CC3(F)F)nc(CC(C)C)c(C(N)=O)c2-c2ccc(C(=O)NCc3ccc(F)c(F)c3)s2)o1. The van der Waals surface area contributed by atoms with E-state index in [1.807, 2.05) is 13.8 Å². The molecule has 1 aliphatic carbocycles. The summed E-state index contributed by atoms with van der Waals surface area (Å²) in [5.41, 5.74) is 7.45. The average Bonchev–Trinajstić information content (AvgIpc) is 3.27. The first-order valence-electron chi connectivity index (χ1n) is 13.2. The number of halogens is 4. The van der Waals surface area contributed by atoms with Gasteiger partial charge in [-0.05, 0) is 48.6 Å². The van der Waals surface area contributed by atoms with E-state index in [4.69, 9.17) is 10.2 Å². The number of aryl methyl sites for hydroxylation is 1. The number of primary amides is 1. The summed E-state index contributed by atoms with van der Waals surface area (Å²) in [5.74, 6) is -6.82. The van der Waals surface area contributed by atoms with Crippen molar-refractivity contribution in [2.24, 2.45) is 17.6 Å². The molecule has 8 nitrogen and oxygen atoms in total. The van der Waals surface area contributed by atoms with Gasteiger partial charge in [0.2, 0.25) is 11.8 Å². The third kappa shape index (κ3) is 6.06. The van der Waals surface area contributed by atoms with Crippen LogP contribution in [0, 0.1) is 30.4 Å². The standard InChI is InChI=1S/C29H27F4N5O3S/c1-13(2)8-19-23(26(34)39)25(24(28-38-37-14(3)41-28)20(36-19)10-16-11-29(16,32)33)21-6-7-22(42-21)27(40)35-12-15-4-5-17(30)18(31)9-15/h4-7,9,13,16H,8,10-12H2,1-3H3,(H2,34,39)(H,35,40)/t16-/m0/s1. The van der Waals surface area contributed by atoms with Crippen molar-refractivity contribution < 1.29 is 31.6 Å². The number of rotatable bonds is 10. The quantitative estimate of drug-likeness (QED) is 0.219. The first kappa shape index (κ1) is 29.4. The number of nitrogens with zero attached hydrogens (tertiary/aromatic N) is 3. The highest BCUT2D eigenvalue weighted by molar-refractivity contribution is 7.17. The third-order valence-electron chi connectivity index (χ3n) is 6.84. The molecule has 220 valence electrons. The highest BCUT2D eigenvalue weighted by atomic mass is 32.1. The van der Waals surface area contributed by atoms with Gasteiger partial charge in [0.15, 0.2) is 11.6 Å². The molecule has 0 radical (unpaired) electrons. The lowest BCUT2D eigenvalue weighted by atomic mass is 9.91. The molecule has 1 saturated carbocycles. The van der Waals surface area contributed by atoms with Crippen LogP contribution in [0.4, 0.5) is 17.6 Å². The van der Waals surface area contributed by atoms with E-state index in [2.05, 4.69) is 20.5 Å². The van der Waals surface area contributed by atoms with E-state index in [0.717, 1.165) is 23.5 Å². The van der Waals surface area contributed by atoms with Crippen LogP contribution in [0.25, 0.3) is 21.9 Å². The third-order valence-corrected chi connectivity index (χ3v) is 7.95. The zero-order valence-electron chi connectivity index (χ0n) is 22.9. The van der Waals surface area contributed by atoms with Crippen LogP contribution in [-0.2, 0) is 19.4 Å². The lowest BCUT2D eigenvalue weighted by Gasteiger charge is -2.19. The number of pyridine rings is 1. The van der Waals surface area contributed by atoms with Crippen LogP contribution in [0.1, 0.15) is 63.1 Å². The molecule has 1 aromatic carbocycles. The monoisotopic (exact) mass is 601 g/mol. The summed E-state index contributed by atoms with van der Waals surface area (Å²) in [7, 11) is 0. The number of aromatic nitrogens is 3. The molecule has 3 heterocycles. The van der Waals surface area contributed by atoms with E-state index in [1.165, 1.54) is 12.1 Å². The van der Waals surface area contributed by atoms with Crippen molar-refractivity contribution in [2.75, 3.05) is 0 Å². The Labute approximate surface area is 242 Å². The van der Waals surface area contributed by atoms with Crippen LogP contribution in [0.5, 0.6) is 0 Å². The smallest absolute Gasteiger partial charge is 0.261 e. The first-order valence-corrected chi connectivity index (χ1v) is 14.0. The van der Waals surface area contributed by atoms with Crippen molar-refractivity contribution in [3.63, 3.8) is 0 Å². The molecule has 4 aromatic rings. The van der Waals surface area contributed by atoms with Crippen molar-refractivity contribution >= 4 is 23.2 Å². The molecule has 3 N–H and O–H groups in total. The Kier molecular flexibility index (Phi) is 7.88. The minimum absolute atomic E-state index is 0.00898. The van der Waals surface area contributed by atoms with Crippen molar-refractivity contribution in [3.05, 3.63) is 75.2 Å². The van der Waals surface area contributed by atoms with Crippen molar-refractivity contribution in [3.8, 4) is 21.9 Å². The number of hydrogen-bond acceptors (Lipinski definition) is 7. The number of benzene rings is 1. The average molecular weight is 602 g/mol. The predicted octanol–water partition coefficient (Wildman–Crippen LogP) is 5.87. The fraction of sp³-hybridized carbons (Fsp3) is 0.345. The number of hydrogen-bond donors (Lipinski definition) is 2. The summed E-state index contributed by atoms with van der Waals surface area (Å²) >= 11 is 1.03. The van der Waals surface area contributed by atoms with Gasteiger partial charge < -0.3 is 15.5 Å². The number of carbonyl (C=O) groups is 2. The van der Waals surface area contributed by atoms with Gasteiger partial charge in [0.25, 0.3) is 17.7 Å². The Morgan fingerprint density at radius 3 is 2.45 bits per heavy atom. The molecule has 1 atom stereocenters. The van der Waals surface area contributed by atoms with E-state index < -0.39 is 35.3 Å². The topological polar surface area (TPSA) is 124 Å². The number of nitrogens with one attached hydrogen (secondary N) is 1. The summed E-state index contributed by atoms with van der Waals surface area (Å²) in [6.45, 7) is 5.37. The van der Waals surface area contributed by atoms with Crippen LogP contribution in [-0.4, -0.2) is 32.9 Å². The lowest BCUT2D eigenvalue weighted by molar-refractivity contribution is 0.0952. The fourth-order valence-corrected chi connectivity index (χ4v) is 5.73. The van der Waals surface area contributed by atoms with Crippen LogP contribution in [0.15, 0.2) is 34.7 Å². The molecule has 0 saturated heterocycles. The molecule has 2 amide bonds. The molecule has 5 rings (SSSR count). The summed E-state index contributed by atoms with van der Waals surface area (Å²) in [4.78, 5) is 31.3. The largest absolute Gasteiger partial charge is 0.421 e. The summed E-state index contributed by atoms with van der Waals surface area (Å²) in [6, 6.07) is 6.46. The van der Waals surface area contributed by atoms with E-state index in [1.54, 1.807) is 13.0 Å².